The number of hydrogen-bond donors (Lipinski definition) is 0. The fourth-order valence-corrected chi connectivity index (χ4v) is 6.97. The summed E-state index contributed by atoms with van der Waals surface area (Å²) in [6, 6.07) is 0. The summed E-state index contributed by atoms with van der Waals surface area (Å²) in [6.07, 6.45) is 9.45. The van der Waals surface area contributed by atoms with Crippen molar-refractivity contribution in [3.05, 3.63) is 0 Å². The minimum absolute atomic E-state index is 0.477. The van der Waals surface area contributed by atoms with Crippen LogP contribution < -0.4 is 0 Å². The van der Waals surface area contributed by atoms with Gasteiger partial charge in [-0.1, -0.05) is 20.3 Å². The molecule has 12 heavy (non-hydrogen) atoms. The molecule has 2 aliphatic heterocycles. The molecule has 0 aromatic carbocycles. The molecule has 0 radical (unpaired) electrons. The minimum atomic E-state index is 0.477. The summed E-state index contributed by atoms with van der Waals surface area (Å²) in [4.78, 5) is 0. The molecule has 2 aliphatic rings. The van der Waals surface area contributed by atoms with E-state index in [1.807, 2.05) is 0 Å². The lowest BCUT2D eigenvalue weighted by molar-refractivity contribution is 0.656. The smallest absolute Gasteiger partial charge is 0.0206 e. The summed E-state index contributed by atoms with van der Waals surface area (Å²) in [7, 11) is 0.477. The van der Waals surface area contributed by atoms with Crippen LogP contribution in [0.3, 0.4) is 0 Å². The molecule has 2 rings (SSSR count). The zero-order valence-electron chi connectivity index (χ0n) is 8.42. The molecule has 0 aliphatic carbocycles. The molecule has 2 fully saturated rings. The molecule has 0 amide bonds. The molecule has 2 unspecified atom stereocenters. The van der Waals surface area contributed by atoms with Crippen LogP contribution in [-0.4, -0.2) is 17.5 Å². The monoisotopic (exact) mass is 184 g/mol. The van der Waals surface area contributed by atoms with Gasteiger partial charge in [-0.2, -0.15) is 0 Å². The van der Waals surface area contributed by atoms with Crippen LogP contribution in [0.1, 0.15) is 46.0 Å². The van der Waals surface area contributed by atoms with E-state index in [-0.39, 0.29) is 0 Å². The van der Waals surface area contributed by atoms with Gasteiger partial charge in [-0.15, -0.1) is 7.92 Å². The van der Waals surface area contributed by atoms with E-state index in [0.717, 1.165) is 5.92 Å². The summed E-state index contributed by atoms with van der Waals surface area (Å²) >= 11 is 0. The Morgan fingerprint density at radius 1 is 1.08 bits per heavy atom. The molecule has 1 heteroatoms. The number of rotatable bonds is 2. The van der Waals surface area contributed by atoms with Gasteiger partial charge >= 0.3 is 0 Å². The van der Waals surface area contributed by atoms with Gasteiger partial charge in [0.15, 0.2) is 0 Å². The van der Waals surface area contributed by atoms with Crippen LogP contribution >= 0.6 is 7.92 Å². The summed E-state index contributed by atoms with van der Waals surface area (Å²) in [6.45, 7) is 4.80. The third-order valence-corrected chi connectivity index (χ3v) is 7.48. The maximum absolute atomic E-state index is 2.40. The Bertz CT molecular complexity index is 137. The van der Waals surface area contributed by atoms with Crippen LogP contribution in [0.4, 0.5) is 0 Å². The van der Waals surface area contributed by atoms with Gasteiger partial charge < -0.3 is 0 Å². The van der Waals surface area contributed by atoms with Gasteiger partial charge in [-0.3, -0.25) is 0 Å². The molecular formula is C11H21P. The second-order valence-corrected chi connectivity index (χ2v) is 7.76. The highest BCUT2D eigenvalue weighted by Gasteiger charge is 2.37. The van der Waals surface area contributed by atoms with Crippen molar-refractivity contribution < 1.29 is 0 Å². The first kappa shape index (κ1) is 9.00. The molecule has 0 aromatic rings. The predicted molar refractivity (Wildman–Crippen MR) is 57.3 cm³/mol. The van der Waals surface area contributed by atoms with Crippen molar-refractivity contribution in [2.24, 2.45) is 5.92 Å². The van der Waals surface area contributed by atoms with Gasteiger partial charge in [-0.05, 0) is 49.1 Å². The first-order chi connectivity index (χ1) is 5.77. The lowest BCUT2D eigenvalue weighted by Gasteiger charge is -2.31. The van der Waals surface area contributed by atoms with Crippen LogP contribution in [0.15, 0.2) is 0 Å². The van der Waals surface area contributed by atoms with Crippen molar-refractivity contribution in [3.8, 4) is 0 Å². The molecule has 0 aromatic heterocycles. The van der Waals surface area contributed by atoms with Gasteiger partial charge in [-0.25, -0.2) is 0 Å². The van der Waals surface area contributed by atoms with E-state index < -0.39 is 0 Å². The molecule has 70 valence electrons. The van der Waals surface area contributed by atoms with E-state index in [0.29, 0.717) is 7.92 Å². The molecular weight excluding hydrogens is 163 g/mol. The van der Waals surface area contributed by atoms with E-state index >= 15 is 0 Å². The summed E-state index contributed by atoms with van der Waals surface area (Å²) in [5.74, 6) is 0.956. The lowest BCUT2D eigenvalue weighted by atomic mass is 10.2. The van der Waals surface area contributed by atoms with E-state index in [9.17, 15) is 0 Å². The van der Waals surface area contributed by atoms with Gasteiger partial charge in [0.1, 0.15) is 0 Å². The fraction of sp³-hybridized carbons (Fsp3) is 1.00. The second-order valence-electron chi connectivity index (χ2n) is 4.91. The Balaban J connectivity index is 1.96. The van der Waals surface area contributed by atoms with Crippen molar-refractivity contribution in [1.82, 2.24) is 0 Å². The summed E-state index contributed by atoms with van der Waals surface area (Å²) in [5, 5.41) is 0. The topological polar surface area (TPSA) is 0 Å². The van der Waals surface area contributed by atoms with Gasteiger partial charge in [0.25, 0.3) is 0 Å². The van der Waals surface area contributed by atoms with E-state index in [4.69, 9.17) is 0 Å². The average molecular weight is 184 g/mol. The highest BCUT2D eigenvalue weighted by atomic mass is 31.1. The number of fused-ring (bicyclic) bond motifs is 2. The van der Waals surface area contributed by atoms with Crippen molar-refractivity contribution in [3.63, 3.8) is 0 Å². The standard InChI is InChI=1S/C11H21P/c1-9(2)8-12-10-4-3-5-11(12)7-6-10/h9-11H,3-8H2,1-2H3. The van der Waals surface area contributed by atoms with Gasteiger partial charge in [0.05, 0.1) is 0 Å². The third kappa shape index (κ3) is 1.69. The molecule has 0 nitrogen and oxygen atoms in total. The van der Waals surface area contributed by atoms with Crippen LogP contribution in [0.25, 0.3) is 0 Å². The Labute approximate surface area is 77.9 Å². The first-order valence-electron chi connectivity index (χ1n) is 5.53. The van der Waals surface area contributed by atoms with E-state index in [1.165, 1.54) is 11.3 Å². The van der Waals surface area contributed by atoms with Crippen molar-refractivity contribution >= 4 is 7.92 Å². The highest BCUT2D eigenvalue weighted by Crippen LogP contribution is 2.62. The second kappa shape index (κ2) is 3.66. The van der Waals surface area contributed by atoms with Gasteiger partial charge in [0.2, 0.25) is 0 Å². The normalized spacial score (nSPS) is 40.8. The average Bonchev–Trinajstić information content (AvgIpc) is 2.30. The third-order valence-electron chi connectivity index (χ3n) is 3.42. The van der Waals surface area contributed by atoms with Crippen molar-refractivity contribution in [1.29, 1.82) is 0 Å². The number of hydrogen-bond acceptors (Lipinski definition) is 0. The molecule has 0 spiro atoms. The molecule has 2 atom stereocenters. The Kier molecular flexibility index (Phi) is 2.75. The Morgan fingerprint density at radius 3 is 2.17 bits per heavy atom. The predicted octanol–water partition coefficient (Wildman–Crippen LogP) is 3.84. The van der Waals surface area contributed by atoms with E-state index in [2.05, 4.69) is 13.8 Å². The van der Waals surface area contributed by atoms with Crippen LogP contribution in [0.2, 0.25) is 0 Å². The van der Waals surface area contributed by atoms with Crippen molar-refractivity contribution in [2.45, 2.75) is 57.3 Å². The minimum Gasteiger partial charge on any atom is -0.100 e. The first-order valence-corrected chi connectivity index (χ1v) is 7.19. The summed E-state index contributed by atoms with van der Waals surface area (Å²) in [5.41, 5.74) is 2.39. The Hall–Kier alpha value is 0.430. The van der Waals surface area contributed by atoms with Crippen LogP contribution in [0, 0.1) is 5.92 Å². The largest absolute Gasteiger partial charge is 0.100 e. The quantitative estimate of drug-likeness (QED) is 0.572. The SMILES string of the molecule is CC(C)CP1C2CCCC1CC2. The Morgan fingerprint density at radius 2 is 1.67 bits per heavy atom. The molecule has 2 bridgehead atoms. The van der Waals surface area contributed by atoms with Crippen molar-refractivity contribution in [2.75, 3.05) is 6.16 Å². The maximum Gasteiger partial charge on any atom is -0.0206 e. The highest BCUT2D eigenvalue weighted by molar-refractivity contribution is 7.59. The lowest BCUT2D eigenvalue weighted by Crippen LogP contribution is -2.15. The zero-order valence-corrected chi connectivity index (χ0v) is 9.32. The summed E-state index contributed by atoms with van der Waals surface area (Å²) < 4.78 is 0. The van der Waals surface area contributed by atoms with Crippen LogP contribution in [0.5, 0.6) is 0 Å². The zero-order chi connectivity index (χ0) is 8.55. The maximum atomic E-state index is 2.40. The fourth-order valence-electron chi connectivity index (χ4n) is 2.94. The van der Waals surface area contributed by atoms with Crippen LogP contribution in [-0.2, 0) is 0 Å². The van der Waals surface area contributed by atoms with Gasteiger partial charge in [0, 0.05) is 0 Å². The molecule has 0 saturated carbocycles. The molecule has 0 N–H and O–H groups in total. The molecule has 2 saturated heterocycles. The molecule has 2 heterocycles. The van der Waals surface area contributed by atoms with E-state index in [1.54, 1.807) is 38.3 Å².